The second kappa shape index (κ2) is 5.28. The van der Waals surface area contributed by atoms with Gasteiger partial charge in [0.2, 0.25) is 0 Å². The number of nitro benzene ring substituents is 1. The molecule has 0 radical (unpaired) electrons. The van der Waals surface area contributed by atoms with E-state index in [2.05, 4.69) is 4.98 Å². The highest BCUT2D eigenvalue weighted by molar-refractivity contribution is 7.18. The lowest BCUT2D eigenvalue weighted by Gasteiger charge is -1.99. The lowest BCUT2D eigenvalue weighted by molar-refractivity contribution is -0.384. The zero-order valence-corrected chi connectivity index (χ0v) is 10.7. The highest BCUT2D eigenvalue weighted by Crippen LogP contribution is 2.34. The summed E-state index contributed by atoms with van der Waals surface area (Å²) in [5.74, 6) is 0.439. The number of nitrogens with two attached hydrogens (primary N) is 1. The summed E-state index contributed by atoms with van der Waals surface area (Å²) in [7, 11) is 1.48. The van der Waals surface area contributed by atoms with Gasteiger partial charge in [-0.25, -0.2) is 4.98 Å². The minimum absolute atomic E-state index is 0.0216. The van der Waals surface area contributed by atoms with Gasteiger partial charge in [0.15, 0.2) is 5.75 Å². The number of benzene rings is 1. The Hall–Kier alpha value is -1.73. The quantitative estimate of drug-likeness (QED) is 0.661. The number of hydrogen-bond donors (Lipinski definition) is 1. The summed E-state index contributed by atoms with van der Waals surface area (Å²) in [4.78, 5) is 14.8. The van der Waals surface area contributed by atoms with Crippen LogP contribution < -0.4 is 10.5 Å². The number of nitro groups is 1. The number of rotatable bonds is 5. The normalized spacial score (nSPS) is 10.8. The highest BCUT2D eigenvalue weighted by atomic mass is 32.1. The molecule has 1 heterocycles. The van der Waals surface area contributed by atoms with Gasteiger partial charge in [-0.1, -0.05) is 0 Å². The second-order valence-electron chi connectivity index (χ2n) is 3.75. The minimum atomic E-state index is -0.429. The first-order valence-corrected chi connectivity index (χ1v) is 6.29. The van der Waals surface area contributed by atoms with Crippen LogP contribution in [0.4, 0.5) is 5.69 Å². The van der Waals surface area contributed by atoms with Gasteiger partial charge in [0, 0.05) is 12.5 Å². The molecule has 0 aliphatic heterocycles. The topological polar surface area (TPSA) is 91.3 Å². The molecule has 0 saturated heterocycles. The SMILES string of the molecule is COc1cc([N+](=O)[O-])cc2sc(CCCN)nc12. The van der Waals surface area contributed by atoms with E-state index in [-0.39, 0.29) is 5.69 Å². The number of hydrogen-bond acceptors (Lipinski definition) is 6. The van der Waals surface area contributed by atoms with E-state index in [1.54, 1.807) is 0 Å². The zero-order chi connectivity index (χ0) is 13.1. The van der Waals surface area contributed by atoms with Crippen molar-refractivity contribution in [1.29, 1.82) is 0 Å². The molecule has 6 nitrogen and oxygen atoms in total. The first kappa shape index (κ1) is 12.7. The minimum Gasteiger partial charge on any atom is -0.494 e. The summed E-state index contributed by atoms with van der Waals surface area (Å²) in [6, 6.07) is 2.93. The van der Waals surface area contributed by atoms with Crippen molar-refractivity contribution in [3.63, 3.8) is 0 Å². The summed E-state index contributed by atoms with van der Waals surface area (Å²) in [6.45, 7) is 0.604. The first-order valence-electron chi connectivity index (χ1n) is 5.47. The number of nitrogens with zero attached hydrogens (tertiary/aromatic N) is 2. The van der Waals surface area contributed by atoms with Crippen LogP contribution in [-0.2, 0) is 6.42 Å². The van der Waals surface area contributed by atoms with Gasteiger partial charge in [-0.05, 0) is 13.0 Å². The number of thiazole rings is 1. The molecule has 0 saturated carbocycles. The maximum absolute atomic E-state index is 10.8. The molecule has 18 heavy (non-hydrogen) atoms. The van der Waals surface area contributed by atoms with Crippen molar-refractivity contribution in [2.24, 2.45) is 5.73 Å². The summed E-state index contributed by atoms with van der Waals surface area (Å²) < 4.78 is 5.92. The molecule has 2 rings (SSSR count). The average Bonchev–Trinajstić information content (AvgIpc) is 2.77. The number of aromatic nitrogens is 1. The smallest absolute Gasteiger partial charge is 0.274 e. The first-order chi connectivity index (χ1) is 8.65. The van der Waals surface area contributed by atoms with Gasteiger partial charge in [-0.2, -0.15) is 0 Å². The Kier molecular flexibility index (Phi) is 3.73. The van der Waals surface area contributed by atoms with Crippen molar-refractivity contribution in [2.75, 3.05) is 13.7 Å². The van der Waals surface area contributed by atoms with Crippen LogP contribution in [-0.4, -0.2) is 23.6 Å². The lowest BCUT2D eigenvalue weighted by Crippen LogP contribution is -1.99. The Bertz CT molecular complexity index is 582. The van der Waals surface area contributed by atoms with E-state index in [1.165, 1.54) is 30.6 Å². The number of methoxy groups -OCH3 is 1. The molecule has 7 heteroatoms. The lowest BCUT2D eigenvalue weighted by atomic mass is 10.2. The third-order valence-electron chi connectivity index (χ3n) is 2.51. The molecular formula is C11H13N3O3S. The van der Waals surface area contributed by atoms with Crippen LogP contribution >= 0.6 is 11.3 Å². The molecule has 0 fully saturated rings. The third-order valence-corrected chi connectivity index (χ3v) is 3.58. The van der Waals surface area contributed by atoms with Gasteiger partial charge in [0.05, 0.1) is 27.8 Å². The van der Waals surface area contributed by atoms with E-state index in [9.17, 15) is 10.1 Å². The maximum atomic E-state index is 10.8. The molecule has 0 spiro atoms. The van der Waals surface area contributed by atoms with Gasteiger partial charge in [-0.15, -0.1) is 11.3 Å². The van der Waals surface area contributed by atoms with Crippen LogP contribution in [0.1, 0.15) is 11.4 Å². The predicted octanol–water partition coefficient (Wildman–Crippen LogP) is 2.10. The maximum Gasteiger partial charge on any atom is 0.274 e. The fourth-order valence-electron chi connectivity index (χ4n) is 1.65. The van der Waals surface area contributed by atoms with Crippen molar-refractivity contribution < 1.29 is 9.66 Å². The van der Waals surface area contributed by atoms with Crippen molar-refractivity contribution >= 4 is 27.2 Å². The zero-order valence-electron chi connectivity index (χ0n) is 9.88. The summed E-state index contributed by atoms with van der Waals surface area (Å²) in [5, 5.41) is 11.7. The molecule has 0 atom stereocenters. The van der Waals surface area contributed by atoms with E-state index in [1.807, 2.05) is 0 Å². The number of ether oxygens (including phenoxy) is 1. The van der Waals surface area contributed by atoms with Crippen LogP contribution in [0.15, 0.2) is 12.1 Å². The molecule has 0 unspecified atom stereocenters. The standard InChI is InChI=1S/C11H13N3O3S/c1-17-8-5-7(14(15)16)6-9-11(8)13-10(18-9)3-2-4-12/h5-6H,2-4,12H2,1H3. The fourth-order valence-corrected chi connectivity index (χ4v) is 2.71. The molecule has 2 N–H and O–H groups in total. The Balaban J connectivity index is 2.49. The van der Waals surface area contributed by atoms with Gasteiger partial charge >= 0.3 is 0 Å². The molecular weight excluding hydrogens is 254 g/mol. The Labute approximate surface area is 108 Å². The summed E-state index contributed by atoms with van der Waals surface area (Å²) in [6.07, 6.45) is 1.64. The van der Waals surface area contributed by atoms with Crippen LogP contribution in [0, 0.1) is 10.1 Å². The van der Waals surface area contributed by atoms with Gasteiger partial charge < -0.3 is 10.5 Å². The fraction of sp³-hybridized carbons (Fsp3) is 0.364. The Morgan fingerprint density at radius 1 is 1.56 bits per heavy atom. The number of fused-ring (bicyclic) bond motifs is 1. The largest absolute Gasteiger partial charge is 0.494 e. The number of aryl methyl sites for hydroxylation is 1. The Morgan fingerprint density at radius 2 is 2.33 bits per heavy atom. The molecule has 0 bridgehead atoms. The molecule has 0 aliphatic carbocycles. The van der Waals surface area contributed by atoms with Crippen LogP contribution in [0.25, 0.3) is 10.2 Å². The van der Waals surface area contributed by atoms with Crippen molar-refractivity contribution in [3.8, 4) is 5.75 Å². The van der Waals surface area contributed by atoms with Crippen molar-refractivity contribution in [2.45, 2.75) is 12.8 Å². The van der Waals surface area contributed by atoms with Crippen LogP contribution in [0.2, 0.25) is 0 Å². The molecule has 0 amide bonds. The average molecular weight is 267 g/mol. The van der Waals surface area contributed by atoms with E-state index >= 15 is 0 Å². The van der Waals surface area contributed by atoms with E-state index in [0.29, 0.717) is 17.8 Å². The van der Waals surface area contributed by atoms with Gasteiger partial charge in [0.1, 0.15) is 5.52 Å². The molecule has 0 aliphatic rings. The van der Waals surface area contributed by atoms with E-state index in [0.717, 1.165) is 22.5 Å². The van der Waals surface area contributed by atoms with Crippen LogP contribution in [0.5, 0.6) is 5.75 Å². The van der Waals surface area contributed by atoms with E-state index < -0.39 is 4.92 Å². The molecule has 96 valence electrons. The second-order valence-corrected chi connectivity index (χ2v) is 4.87. The molecule has 1 aromatic carbocycles. The molecule has 2 aromatic rings. The summed E-state index contributed by atoms with van der Waals surface area (Å²) in [5.41, 5.74) is 6.16. The van der Waals surface area contributed by atoms with Gasteiger partial charge in [-0.3, -0.25) is 10.1 Å². The van der Waals surface area contributed by atoms with Crippen LogP contribution in [0.3, 0.4) is 0 Å². The Morgan fingerprint density at radius 3 is 2.94 bits per heavy atom. The van der Waals surface area contributed by atoms with E-state index in [4.69, 9.17) is 10.5 Å². The van der Waals surface area contributed by atoms with Crippen molar-refractivity contribution in [1.82, 2.24) is 4.98 Å². The summed E-state index contributed by atoms with van der Waals surface area (Å²) >= 11 is 1.45. The van der Waals surface area contributed by atoms with Crippen molar-refractivity contribution in [3.05, 3.63) is 27.3 Å². The predicted molar refractivity (Wildman–Crippen MR) is 70.2 cm³/mol. The molecule has 1 aromatic heterocycles. The third kappa shape index (κ3) is 2.41. The number of non-ortho nitro benzene ring substituents is 1. The monoisotopic (exact) mass is 267 g/mol. The van der Waals surface area contributed by atoms with Gasteiger partial charge in [0.25, 0.3) is 5.69 Å². The highest BCUT2D eigenvalue weighted by Gasteiger charge is 2.15.